The van der Waals surface area contributed by atoms with Gasteiger partial charge in [-0.1, -0.05) is 35.9 Å². The molecule has 0 heterocycles. The van der Waals surface area contributed by atoms with E-state index in [9.17, 15) is 5.11 Å². The third-order valence-corrected chi connectivity index (χ3v) is 2.23. The normalized spacial score (nSPS) is 9.93. The van der Waals surface area contributed by atoms with Gasteiger partial charge in [-0.15, -0.1) is 0 Å². The first-order chi connectivity index (χ1) is 7.27. The average Bonchev–Trinajstić information content (AvgIpc) is 2.26. The van der Waals surface area contributed by atoms with Crippen LogP contribution in [-0.2, 0) is 0 Å². The largest absolute Gasteiger partial charge is 0.503 e. The Bertz CT molecular complexity index is 454. The van der Waals surface area contributed by atoms with Gasteiger partial charge in [0, 0.05) is 0 Å². The molecule has 2 aromatic rings. The average molecular weight is 221 g/mol. The monoisotopic (exact) mass is 220 g/mol. The van der Waals surface area contributed by atoms with Crippen molar-refractivity contribution in [2.45, 2.75) is 0 Å². The van der Waals surface area contributed by atoms with Crippen LogP contribution in [0.1, 0.15) is 0 Å². The predicted molar refractivity (Wildman–Crippen MR) is 59.6 cm³/mol. The second-order valence-corrected chi connectivity index (χ2v) is 3.41. The van der Waals surface area contributed by atoms with E-state index in [0.29, 0.717) is 11.5 Å². The lowest BCUT2D eigenvalue weighted by atomic mass is 10.3. The topological polar surface area (TPSA) is 29.5 Å². The van der Waals surface area contributed by atoms with Gasteiger partial charge in [0.15, 0.2) is 11.5 Å². The fourth-order valence-electron chi connectivity index (χ4n) is 1.19. The van der Waals surface area contributed by atoms with Crippen LogP contribution in [0.15, 0.2) is 48.5 Å². The van der Waals surface area contributed by atoms with Gasteiger partial charge in [-0.2, -0.15) is 0 Å². The molecule has 0 radical (unpaired) electrons. The number of phenols is 1. The molecule has 76 valence electrons. The Labute approximate surface area is 92.7 Å². The van der Waals surface area contributed by atoms with Crippen LogP contribution in [0, 0.1) is 0 Å². The van der Waals surface area contributed by atoms with Crippen molar-refractivity contribution in [2.24, 2.45) is 0 Å². The van der Waals surface area contributed by atoms with Crippen molar-refractivity contribution in [3.05, 3.63) is 53.6 Å². The van der Waals surface area contributed by atoms with Crippen molar-refractivity contribution in [1.82, 2.24) is 0 Å². The van der Waals surface area contributed by atoms with Crippen molar-refractivity contribution >= 4 is 11.6 Å². The summed E-state index contributed by atoms with van der Waals surface area (Å²) in [6.45, 7) is 0. The summed E-state index contributed by atoms with van der Waals surface area (Å²) in [7, 11) is 0. The molecule has 0 aromatic heterocycles. The fourth-order valence-corrected chi connectivity index (χ4v) is 1.36. The lowest BCUT2D eigenvalue weighted by molar-refractivity contribution is 0.411. The first kappa shape index (κ1) is 9.87. The zero-order valence-electron chi connectivity index (χ0n) is 7.85. The molecule has 0 unspecified atom stereocenters. The number of hydrogen-bond donors (Lipinski definition) is 1. The van der Waals surface area contributed by atoms with Crippen LogP contribution in [0.2, 0.25) is 5.02 Å². The Morgan fingerprint density at radius 3 is 2.40 bits per heavy atom. The first-order valence-corrected chi connectivity index (χ1v) is 4.85. The quantitative estimate of drug-likeness (QED) is 0.833. The zero-order valence-corrected chi connectivity index (χ0v) is 8.61. The molecule has 3 heteroatoms. The van der Waals surface area contributed by atoms with Gasteiger partial charge in [-0.3, -0.25) is 0 Å². The van der Waals surface area contributed by atoms with Crippen LogP contribution in [-0.4, -0.2) is 5.11 Å². The van der Waals surface area contributed by atoms with Crippen LogP contribution in [0.25, 0.3) is 0 Å². The zero-order chi connectivity index (χ0) is 10.7. The lowest BCUT2D eigenvalue weighted by Gasteiger charge is -2.07. The molecule has 0 aliphatic carbocycles. The summed E-state index contributed by atoms with van der Waals surface area (Å²) in [4.78, 5) is 0. The van der Waals surface area contributed by atoms with E-state index < -0.39 is 0 Å². The summed E-state index contributed by atoms with van der Waals surface area (Å²) < 4.78 is 5.46. The molecular formula is C12H9ClO2. The smallest absolute Gasteiger partial charge is 0.177 e. The first-order valence-electron chi connectivity index (χ1n) is 4.48. The minimum Gasteiger partial charge on any atom is -0.503 e. The number of phenolic OH excluding ortho intramolecular Hbond substituents is 1. The van der Waals surface area contributed by atoms with Gasteiger partial charge >= 0.3 is 0 Å². The number of halogens is 1. The molecule has 1 N–H and O–H groups in total. The second-order valence-electron chi connectivity index (χ2n) is 3.00. The predicted octanol–water partition coefficient (Wildman–Crippen LogP) is 3.84. The summed E-state index contributed by atoms with van der Waals surface area (Å²) in [5.74, 6) is 0.979. The maximum Gasteiger partial charge on any atom is 0.177 e. The molecule has 2 aromatic carbocycles. The highest BCUT2D eigenvalue weighted by atomic mass is 35.5. The van der Waals surface area contributed by atoms with E-state index in [1.54, 1.807) is 30.3 Å². The summed E-state index contributed by atoms with van der Waals surface area (Å²) in [5.41, 5.74) is 0. The highest BCUT2D eigenvalue weighted by molar-refractivity contribution is 6.32. The number of hydrogen-bond acceptors (Lipinski definition) is 2. The van der Waals surface area contributed by atoms with Crippen LogP contribution >= 0.6 is 11.6 Å². The van der Waals surface area contributed by atoms with Crippen molar-refractivity contribution in [3.63, 3.8) is 0 Å². The Morgan fingerprint density at radius 1 is 0.933 bits per heavy atom. The van der Waals surface area contributed by atoms with Crippen molar-refractivity contribution in [1.29, 1.82) is 0 Å². The molecule has 0 aliphatic rings. The fraction of sp³-hybridized carbons (Fsp3) is 0. The molecule has 2 nitrogen and oxygen atoms in total. The van der Waals surface area contributed by atoms with E-state index in [1.807, 2.05) is 18.2 Å². The molecule has 2 rings (SSSR count). The molecule has 0 spiro atoms. The minimum atomic E-state index is -0.0389. The Kier molecular flexibility index (Phi) is 2.79. The van der Waals surface area contributed by atoms with E-state index in [4.69, 9.17) is 16.3 Å². The van der Waals surface area contributed by atoms with Gasteiger partial charge in [0.1, 0.15) is 5.75 Å². The van der Waals surface area contributed by atoms with Crippen LogP contribution < -0.4 is 4.74 Å². The van der Waals surface area contributed by atoms with Crippen molar-refractivity contribution in [2.75, 3.05) is 0 Å². The van der Waals surface area contributed by atoms with Crippen molar-refractivity contribution in [3.8, 4) is 17.2 Å². The van der Waals surface area contributed by atoms with Gasteiger partial charge < -0.3 is 9.84 Å². The SMILES string of the molecule is Oc1c(Cl)cccc1Oc1ccccc1. The summed E-state index contributed by atoms with van der Waals surface area (Å²) in [6.07, 6.45) is 0. The standard InChI is InChI=1S/C12H9ClO2/c13-10-7-4-8-11(12(10)14)15-9-5-2-1-3-6-9/h1-8,14H. The molecule has 0 aliphatic heterocycles. The lowest BCUT2D eigenvalue weighted by Crippen LogP contribution is -1.84. The summed E-state index contributed by atoms with van der Waals surface area (Å²) >= 11 is 5.75. The van der Waals surface area contributed by atoms with E-state index >= 15 is 0 Å². The summed E-state index contributed by atoms with van der Waals surface area (Å²) in [6, 6.07) is 14.2. The van der Waals surface area contributed by atoms with Gasteiger partial charge in [0.25, 0.3) is 0 Å². The van der Waals surface area contributed by atoms with E-state index in [-0.39, 0.29) is 10.8 Å². The van der Waals surface area contributed by atoms with Gasteiger partial charge in [0.2, 0.25) is 0 Å². The molecule has 0 saturated heterocycles. The van der Waals surface area contributed by atoms with Gasteiger partial charge in [-0.05, 0) is 24.3 Å². The molecule has 0 fully saturated rings. The third kappa shape index (κ3) is 2.22. The Balaban J connectivity index is 2.29. The third-order valence-electron chi connectivity index (χ3n) is 1.92. The maximum atomic E-state index is 9.60. The molecular weight excluding hydrogens is 212 g/mol. The second kappa shape index (κ2) is 4.24. The van der Waals surface area contributed by atoms with Crippen molar-refractivity contribution < 1.29 is 9.84 Å². The molecule has 0 saturated carbocycles. The number of aromatic hydroxyl groups is 1. The number of para-hydroxylation sites is 2. The van der Waals surface area contributed by atoms with E-state index in [0.717, 1.165) is 0 Å². The summed E-state index contributed by atoms with van der Waals surface area (Å²) in [5, 5.41) is 9.88. The number of benzene rings is 2. The number of rotatable bonds is 2. The molecule has 0 bridgehead atoms. The molecule has 0 atom stereocenters. The van der Waals surface area contributed by atoms with Crippen LogP contribution in [0.3, 0.4) is 0 Å². The highest BCUT2D eigenvalue weighted by Crippen LogP contribution is 2.35. The highest BCUT2D eigenvalue weighted by Gasteiger charge is 2.06. The van der Waals surface area contributed by atoms with Crippen LogP contribution in [0.5, 0.6) is 17.2 Å². The molecule has 0 amide bonds. The van der Waals surface area contributed by atoms with Gasteiger partial charge in [0.05, 0.1) is 5.02 Å². The van der Waals surface area contributed by atoms with E-state index in [2.05, 4.69) is 0 Å². The Morgan fingerprint density at radius 2 is 1.67 bits per heavy atom. The molecule has 15 heavy (non-hydrogen) atoms. The maximum absolute atomic E-state index is 9.60. The van der Waals surface area contributed by atoms with E-state index in [1.165, 1.54) is 0 Å². The van der Waals surface area contributed by atoms with Crippen LogP contribution in [0.4, 0.5) is 0 Å². The number of ether oxygens (including phenoxy) is 1. The minimum absolute atomic E-state index is 0.0389. The van der Waals surface area contributed by atoms with Gasteiger partial charge in [-0.25, -0.2) is 0 Å². The Hall–Kier alpha value is -1.67.